The first-order valence-corrected chi connectivity index (χ1v) is 6.32. The molecule has 0 radical (unpaired) electrons. The molecule has 1 heterocycles. The highest BCUT2D eigenvalue weighted by molar-refractivity contribution is 6.00. The minimum absolute atomic E-state index is 0.0426. The van der Waals surface area contributed by atoms with Crippen molar-refractivity contribution in [1.29, 1.82) is 0 Å². The molecule has 20 heavy (non-hydrogen) atoms. The van der Waals surface area contributed by atoms with E-state index < -0.39 is 0 Å². The van der Waals surface area contributed by atoms with E-state index in [1.165, 1.54) is 0 Å². The van der Waals surface area contributed by atoms with Crippen molar-refractivity contribution in [2.24, 2.45) is 0 Å². The second-order valence-electron chi connectivity index (χ2n) is 4.96. The summed E-state index contributed by atoms with van der Waals surface area (Å²) >= 11 is 0. The van der Waals surface area contributed by atoms with E-state index in [0.29, 0.717) is 17.8 Å². The Bertz CT molecular complexity index is 591. The number of hydrogen-bond donors (Lipinski definition) is 1. The first kappa shape index (κ1) is 14.0. The number of hydrogen-bond acceptors (Lipinski definition) is 4. The van der Waals surface area contributed by atoms with Crippen molar-refractivity contribution < 1.29 is 9.21 Å². The monoisotopic (exact) mass is 273 g/mol. The van der Waals surface area contributed by atoms with E-state index in [2.05, 4.69) is 0 Å². The Morgan fingerprint density at radius 3 is 2.60 bits per heavy atom. The summed E-state index contributed by atoms with van der Waals surface area (Å²) < 4.78 is 5.06. The van der Waals surface area contributed by atoms with Crippen LogP contribution in [0.5, 0.6) is 0 Å². The highest BCUT2D eigenvalue weighted by atomic mass is 16.3. The Hall–Kier alpha value is -2.43. The van der Waals surface area contributed by atoms with Crippen LogP contribution < -0.4 is 10.6 Å². The van der Waals surface area contributed by atoms with Crippen molar-refractivity contribution >= 4 is 17.3 Å². The van der Waals surface area contributed by atoms with Crippen molar-refractivity contribution in [2.75, 3.05) is 31.8 Å². The van der Waals surface area contributed by atoms with Crippen LogP contribution in [0.4, 0.5) is 11.4 Å². The van der Waals surface area contributed by atoms with Crippen LogP contribution in [0.1, 0.15) is 15.9 Å². The third kappa shape index (κ3) is 2.93. The van der Waals surface area contributed by atoms with Crippen molar-refractivity contribution in [2.45, 2.75) is 6.54 Å². The van der Waals surface area contributed by atoms with Crippen LogP contribution in [-0.4, -0.2) is 32.0 Å². The van der Waals surface area contributed by atoms with Crippen LogP contribution in [-0.2, 0) is 6.54 Å². The van der Waals surface area contributed by atoms with Gasteiger partial charge in [0.25, 0.3) is 5.91 Å². The minimum atomic E-state index is -0.0426. The summed E-state index contributed by atoms with van der Waals surface area (Å²) in [6, 6.07) is 7.22. The van der Waals surface area contributed by atoms with E-state index in [-0.39, 0.29) is 5.91 Å². The summed E-state index contributed by atoms with van der Waals surface area (Å²) in [6.45, 7) is 0.646. The van der Waals surface area contributed by atoms with E-state index in [1.807, 2.05) is 24.1 Å². The molecule has 0 spiro atoms. The molecule has 0 aliphatic heterocycles. The molecule has 5 heteroatoms. The van der Waals surface area contributed by atoms with Crippen LogP contribution in [0.15, 0.2) is 41.2 Å². The minimum Gasteiger partial charge on any atom is -0.472 e. The zero-order valence-electron chi connectivity index (χ0n) is 12.0. The number of carbonyl (C=O) groups excluding carboxylic acids is 1. The number of nitrogen functional groups attached to an aromatic ring is 1. The van der Waals surface area contributed by atoms with Crippen LogP contribution in [0.2, 0.25) is 0 Å². The fourth-order valence-electron chi connectivity index (χ4n) is 2.03. The predicted molar refractivity (Wildman–Crippen MR) is 79.7 cm³/mol. The maximum Gasteiger partial charge on any atom is 0.255 e. The lowest BCUT2D eigenvalue weighted by molar-refractivity contribution is 0.0828. The van der Waals surface area contributed by atoms with Gasteiger partial charge in [0.15, 0.2) is 0 Å². The first-order valence-electron chi connectivity index (χ1n) is 6.32. The van der Waals surface area contributed by atoms with Gasteiger partial charge in [0.05, 0.1) is 23.8 Å². The molecule has 0 atom stereocenters. The molecule has 0 unspecified atom stereocenters. The number of nitrogens with zero attached hydrogens (tertiary/aromatic N) is 2. The van der Waals surface area contributed by atoms with Crippen LogP contribution in [0.3, 0.4) is 0 Å². The fraction of sp³-hybridized carbons (Fsp3) is 0.267. The molecule has 1 aromatic carbocycles. The van der Waals surface area contributed by atoms with E-state index in [0.717, 1.165) is 11.3 Å². The summed E-state index contributed by atoms with van der Waals surface area (Å²) in [6.07, 6.45) is 3.32. The van der Waals surface area contributed by atoms with Gasteiger partial charge in [-0.25, -0.2) is 0 Å². The molecule has 1 amide bonds. The van der Waals surface area contributed by atoms with Gasteiger partial charge < -0.3 is 20.0 Å². The van der Waals surface area contributed by atoms with Crippen molar-refractivity contribution in [3.63, 3.8) is 0 Å². The molecule has 2 aromatic rings. The average molecular weight is 273 g/mol. The second-order valence-corrected chi connectivity index (χ2v) is 4.96. The topological polar surface area (TPSA) is 62.7 Å². The Morgan fingerprint density at radius 2 is 2.00 bits per heavy atom. The number of rotatable bonds is 4. The lowest BCUT2D eigenvalue weighted by Crippen LogP contribution is -2.26. The van der Waals surface area contributed by atoms with Gasteiger partial charge in [-0.15, -0.1) is 0 Å². The first-order chi connectivity index (χ1) is 9.49. The Morgan fingerprint density at radius 1 is 1.25 bits per heavy atom. The third-order valence-electron chi connectivity index (χ3n) is 3.07. The zero-order valence-corrected chi connectivity index (χ0v) is 12.0. The molecule has 5 nitrogen and oxygen atoms in total. The molecular formula is C15H19N3O2. The van der Waals surface area contributed by atoms with Crippen molar-refractivity contribution in [3.05, 3.63) is 47.9 Å². The molecule has 0 saturated carbocycles. The van der Waals surface area contributed by atoms with Gasteiger partial charge in [-0.05, 0) is 24.3 Å². The number of benzene rings is 1. The molecule has 0 fully saturated rings. The number of amides is 1. The summed E-state index contributed by atoms with van der Waals surface area (Å²) in [7, 11) is 5.39. The van der Waals surface area contributed by atoms with Gasteiger partial charge in [-0.2, -0.15) is 0 Å². The highest BCUT2D eigenvalue weighted by Crippen LogP contribution is 2.25. The van der Waals surface area contributed by atoms with Gasteiger partial charge in [0.2, 0.25) is 0 Å². The summed E-state index contributed by atoms with van der Waals surface area (Å²) in [5, 5.41) is 0. The molecule has 0 bridgehead atoms. The molecule has 1 aromatic heterocycles. The lowest BCUT2D eigenvalue weighted by Gasteiger charge is -2.23. The Labute approximate surface area is 118 Å². The standard InChI is InChI=1S/C15H19N3O2/c1-17(2)15(19)13-5-4-12(16)8-14(13)18(3)9-11-6-7-20-10-11/h4-8,10H,9,16H2,1-3H3. The molecule has 2 N–H and O–H groups in total. The lowest BCUT2D eigenvalue weighted by atomic mass is 10.1. The molecule has 0 aliphatic carbocycles. The SMILES string of the molecule is CN(C)C(=O)c1ccc(N)cc1N(C)Cc1ccoc1. The average Bonchev–Trinajstić information content (AvgIpc) is 2.90. The fourth-order valence-corrected chi connectivity index (χ4v) is 2.03. The van der Waals surface area contributed by atoms with E-state index >= 15 is 0 Å². The number of furan rings is 1. The summed E-state index contributed by atoms with van der Waals surface area (Å²) in [5.41, 5.74) is 8.96. The van der Waals surface area contributed by atoms with Crippen molar-refractivity contribution in [3.8, 4) is 0 Å². The van der Waals surface area contributed by atoms with Crippen LogP contribution in [0, 0.1) is 0 Å². The number of nitrogens with two attached hydrogens (primary N) is 1. The third-order valence-corrected chi connectivity index (χ3v) is 3.07. The second kappa shape index (κ2) is 5.69. The molecule has 0 aliphatic rings. The normalized spacial score (nSPS) is 10.3. The smallest absolute Gasteiger partial charge is 0.255 e. The summed E-state index contributed by atoms with van der Waals surface area (Å²) in [4.78, 5) is 15.8. The highest BCUT2D eigenvalue weighted by Gasteiger charge is 2.16. The maximum absolute atomic E-state index is 12.2. The van der Waals surface area contributed by atoms with E-state index in [9.17, 15) is 4.79 Å². The zero-order chi connectivity index (χ0) is 14.7. The van der Waals surface area contributed by atoms with Gasteiger partial charge in [-0.1, -0.05) is 0 Å². The largest absolute Gasteiger partial charge is 0.472 e. The van der Waals surface area contributed by atoms with Gasteiger partial charge in [0.1, 0.15) is 0 Å². The quantitative estimate of drug-likeness (QED) is 0.867. The van der Waals surface area contributed by atoms with Crippen molar-refractivity contribution in [1.82, 2.24) is 4.90 Å². The molecule has 106 valence electrons. The van der Waals surface area contributed by atoms with Gasteiger partial charge >= 0.3 is 0 Å². The van der Waals surface area contributed by atoms with E-state index in [4.69, 9.17) is 10.2 Å². The molecular weight excluding hydrogens is 254 g/mol. The van der Waals surface area contributed by atoms with E-state index in [1.54, 1.807) is 43.7 Å². The Kier molecular flexibility index (Phi) is 3.98. The van der Waals surface area contributed by atoms with Crippen LogP contribution >= 0.6 is 0 Å². The summed E-state index contributed by atoms with van der Waals surface area (Å²) in [5.74, 6) is -0.0426. The van der Waals surface area contributed by atoms with Gasteiger partial charge in [-0.3, -0.25) is 4.79 Å². The Balaban J connectivity index is 2.33. The van der Waals surface area contributed by atoms with Gasteiger partial charge in [0, 0.05) is 38.9 Å². The molecule has 2 rings (SSSR count). The maximum atomic E-state index is 12.2. The molecule has 0 saturated heterocycles. The number of carbonyl (C=O) groups is 1. The van der Waals surface area contributed by atoms with Crippen LogP contribution in [0.25, 0.3) is 0 Å². The number of anilines is 2. The predicted octanol–water partition coefficient (Wildman–Crippen LogP) is 2.20.